The molecule has 0 saturated carbocycles. The number of hydrazone groups is 1. The second kappa shape index (κ2) is 7.59. The van der Waals surface area contributed by atoms with Crippen LogP contribution in [0.25, 0.3) is 10.9 Å². The molecule has 0 aliphatic carbocycles. The number of aryl methyl sites for hydroxylation is 1. The summed E-state index contributed by atoms with van der Waals surface area (Å²) in [7, 11) is -3.26. The third-order valence-electron chi connectivity index (χ3n) is 4.82. The molecule has 0 unspecified atom stereocenters. The average molecular weight is 376 g/mol. The van der Waals surface area contributed by atoms with Crippen molar-refractivity contribution in [2.75, 3.05) is 18.8 Å². The second-order valence-electron chi connectivity index (χ2n) is 6.54. The maximum atomic E-state index is 12.4. The van der Waals surface area contributed by atoms with Gasteiger partial charge in [-0.15, -0.1) is 0 Å². The molecule has 2 N–H and O–H groups in total. The minimum absolute atomic E-state index is 0.0549. The number of aromatic amines is 1. The molecule has 1 aromatic heterocycles. The van der Waals surface area contributed by atoms with Crippen LogP contribution >= 0.6 is 0 Å². The van der Waals surface area contributed by atoms with Crippen molar-refractivity contribution in [2.45, 2.75) is 26.7 Å². The normalized spacial score (nSPS) is 19.2. The van der Waals surface area contributed by atoms with Gasteiger partial charge in [-0.25, -0.2) is 18.1 Å². The number of carbonyl (C=O) groups is 1. The van der Waals surface area contributed by atoms with Gasteiger partial charge in [0.25, 0.3) is 0 Å². The van der Waals surface area contributed by atoms with E-state index in [2.05, 4.69) is 15.5 Å². The van der Waals surface area contributed by atoms with E-state index in [-0.39, 0.29) is 24.1 Å². The van der Waals surface area contributed by atoms with Gasteiger partial charge in [-0.05, 0) is 32.8 Å². The van der Waals surface area contributed by atoms with Gasteiger partial charge >= 0.3 is 0 Å². The van der Waals surface area contributed by atoms with Crippen molar-refractivity contribution in [3.05, 3.63) is 35.5 Å². The van der Waals surface area contributed by atoms with Crippen LogP contribution in [0.5, 0.6) is 0 Å². The molecule has 7 nitrogen and oxygen atoms in total. The first-order valence-electron chi connectivity index (χ1n) is 8.80. The largest absolute Gasteiger partial charge is 0.358 e. The Morgan fingerprint density at radius 1 is 1.42 bits per heavy atom. The van der Waals surface area contributed by atoms with Gasteiger partial charge in [0, 0.05) is 35.2 Å². The van der Waals surface area contributed by atoms with Crippen LogP contribution in [0.3, 0.4) is 0 Å². The van der Waals surface area contributed by atoms with Crippen molar-refractivity contribution in [3.63, 3.8) is 0 Å². The number of benzene rings is 1. The van der Waals surface area contributed by atoms with Crippen LogP contribution in [0, 0.1) is 12.8 Å². The summed E-state index contributed by atoms with van der Waals surface area (Å²) >= 11 is 0. The van der Waals surface area contributed by atoms with Crippen molar-refractivity contribution in [3.8, 4) is 0 Å². The fraction of sp³-hybridized carbons (Fsp3) is 0.444. The maximum Gasteiger partial charge on any atom is 0.244 e. The Bertz CT molecular complexity index is 933. The fourth-order valence-corrected chi connectivity index (χ4v) is 4.49. The number of nitrogens with zero attached hydrogens (tertiary/aromatic N) is 2. The highest BCUT2D eigenvalue weighted by Gasteiger charge is 2.31. The Morgan fingerprint density at radius 2 is 2.19 bits per heavy atom. The Morgan fingerprint density at radius 3 is 2.96 bits per heavy atom. The number of aromatic nitrogens is 1. The molecule has 0 bridgehead atoms. The van der Waals surface area contributed by atoms with Gasteiger partial charge in [0.1, 0.15) is 0 Å². The Kier molecular flexibility index (Phi) is 5.43. The number of carbonyl (C=O) groups excluding carboxylic acids is 1. The molecule has 1 aromatic carbocycles. The van der Waals surface area contributed by atoms with Crippen LogP contribution in [-0.2, 0) is 14.8 Å². The topological polar surface area (TPSA) is 94.6 Å². The summed E-state index contributed by atoms with van der Waals surface area (Å²) in [5, 5.41) is 5.14. The number of piperidine rings is 1. The van der Waals surface area contributed by atoms with Crippen LogP contribution in [0.15, 0.2) is 29.4 Å². The quantitative estimate of drug-likeness (QED) is 0.617. The first-order chi connectivity index (χ1) is 12.4. The summed E-state index contributed by atoms with van der Waals surface area (Å²) in [6.45, 7) is 4.28. The zero-order valence-electron chi connectivity index (χ0n) is 15.0. The molecule has 0 radical (unpaired) electrons. The Labute approximate surface area is 153 Å². The summed E-state index contributed by atoms with van der Waals surface area (Å²) in [5.74, 6) is -0.555. The molecule has 1 atom stereocenters. The molecule has 1 fully saturated rings. The summed E-state index contributed by atoms with van der Waals surface area (Å²) in [5.41, 5.74) is 5.49. The Hall–Kier alpha value is -2.19. The van der Waals surface area contributed by atoms with E-state index in [1.807, 2.05) is 31.2 Å². The van der Waals surface area contributed by atoms with E-state index in [0.717, 1.165) is 22.2 Å². The second-order valence-corrected chi connectivity index (χ2v) is 8.80. The molecule has 8 heteroatoms. The zero-order valence-corrected chi connectivity index (χ0v) is 15.8. The molecule has 2 aromatic rings. The lowest BCUT2D eigenvalue weighted by molar-refractivity contribution is -0.126. The molecule has 1 aliphatic rings. The number of hydrogen-bond donors (Lipinski definition) is 2. The van der Waals surface area contributed by atoms with Crippen LogP contribution in [-0.4, -0.2) is 48.7 Å². The van der Waals surface area contributed by atoms with Gasteiger partial charge in [0.15, 0.2) is 0 Å². The van der Waals surface area contributed by atoms with Crippen molar-refractivity contribution in [1.82, 2.24) is 14.7 Å². The van der Waals surface area contributed by atoms with Crippen LogP contribution < -0.4 is 5.43 Å². The predicted octanol–water partition coefficient (Wildman–Crippen LogP) is 1.99. The summed E-state index contributed by atoms with van der Waals surface area (Å²) < 4.78 is 25.4. The summed E-state index contributed by atoms with van der Waals surface area (Å²) in [4.78, 5) is 15.7. The molecule has 0 spiro atoms. The standard InChI is InChI=1S/C18H24N4O3S/c1-3-26(24,25)22-10-6-7-14(12-22)18(23)21-19-11-16-13(2)20-17-9-5-4-8-15(16)17/h4-5,8-9,11,14,20H,3,6-7,10,12H2,1-2H3,(H,21,23)/b19-11-/t14-/m1/s1. The molecule has 140 valence electrons. The van der Waals surface area contributed by atoms with E-state index in [9.17, 15) is 13.2 Å². The predicted molar refractivity (Wildman–Crippen MR) is 103 cm³/mol. The third-order valence-corrected chi connectivity index (χ3v) is 6.67. The molecular weight excluding hydrogens is 352 g/mol. The van der Waals surface area contributed by atoms with E-state index in [1.54, 1.807) is 13.1 Å². The van der Waals surface area contributed by atoms with Crippen LogP contribution in [0.1, 0.15) is 31.0 Å². The molecule has 3 rings (SSSR count). The SMILES string of the molecule is CCS(=O)(=O)N1CCC[C@@H](C(=O)N/N=C\c2c(C)[nH]c3ccccc23)C1. The van der Waals surface area contributed by atoms with Crippen LogP contribution in [0.2, 0.25) is 0 Å². The van der Waals surface area contributed by atoms with Gasteiger partial charge in [0.2, 0.25) is 15.9 Å². The lowest BCUT2D eigenvalue weighted by atomic mass is 9.99. The van der Waals surface area contributed by atoms with Gasteiger partial charge in [-0.2, -0.15) is 5.10 Å². The molecule has 1 aliphatic heterocycles. The maximum absolute atomic E-state index is 12.4. The van der Waals surface area contributed by atoms with E-state index in [4.69, 9.17) is 0 Å². The van der Waals surface area contributed by atoms with Crippen molar-refractivity contribution in [1.29, 1.82) is 0 Å². The van der Waals surface area contributed by atoms with Gasteiger partial charge < -0.3 is 4.98 Å². The van der Waals surface area contributed by atoms with Gasteiger partial charge in [0.05, 0.1) is 17.9 Å². The smallest absolute Gasteiger partial charge is 0.244 e. The highest BCUT2D eigenvalue weighted by atomic mass is 32.2. The minimum atomic E-state index is -3.26. The number of sulfonamides is 1. The first kappa shape index (κ1) is 18.6. The number of para-hydroxylation sites is 1. The first-order valence-corrected chi connectivity index (χ1v) is 10.4. The van der Waals surface area contributed by atoms with E-state index >= 15 is 0 Å². The number of amides is 1. The number of H-pyrrole nitrogens is 1. The van der Waals surface area contributed by atoms with Gasteiger partial charge in [-0.1, -0.05) is 18.2 Å². The fourth-order valence-electron chi connectivity index (χ4n) is 3.31. The van der Waals surface area contributed by atoms with Gasteiger partial charge in [-0.3, -0.25) is 4.79 Å². The van der Waals surface area contributed by atoms with Crippen molar-refractivity contribution >= 4 is 33.0 Å². The lowest BCUT2D eigenvalue weighted by Crippen LogP contribution is -2.45. The highest BCUT2D eigenvalue weighted by Crippen LogP contribution is 2.21. The van der Waals surface area contributed by atoms with E-state index in [0.29, 0.717) is 19.4 Å². The van der Waals surface area contributed by atoms with Crippen molar-refractivity contribution in [2.24, 2.45) is 11.0 Å². The summed E-state index contributed by atoms with van der Waals surface area (Å²) in [6.07, 6.45) is 2.99. The monoisotopic (exact) mass is 376 g/mol. The van der Waals surface area contributed by atoms with Crippen LogP contribution in [0.4, 0.5) is 0 Å². The molecule has 2 heterocycles. The minimum Gasteiger partial charge on any atom is -0.358 e. The number of fused-ring (bicyclic) bond motifs is 1. The summed E-state index contributed by atoms with van der Waals surface area (Å²) in [6, 6.07) is 7.90. The molecule has 1 saturated heterocycles. The third kappa shape index (κ3) is 3.81. The molecule has 1 amide bonds. The number of rotatable bonds is 5. The molecule has 26 heavy (non-hydrogen) atoms. The van der Waals surface area contributed by atoms with E-state index < -0.39 is 10.0 Å². The van der Waals surface area contributed by atoms with Crippen molar-refractivity contribution < 1.29 is 13.2 Å². The molecular formula is C18H24N4O3S. The number of hydrogen-bond acceptors (Lipinski definition) is 4. The Balaban J connectivity index is 1.66. The number of nitrogens with one attached hydrogen (secondary N) is 2. The lowest BCUT2D eigenvalue weighted by Gasteiger charge is -2.30. The van der Waals surface area contributed by atoms with E-state index in [1.165, 1.54) is 4.31 Å². The highest BCUT2D eigenvalue weighted by molar-refractivity contribution is 7.89. The zero-order chi connectivity index (χ0) is 18.7. The average Bonchev–Trinajstić information content (AvgIpc) is 2.97.